The number of amides is 1. The molecule has 1 aliphatic rings. The Balaban J connectivity index is 1.91. The number of methoxy groups -OCH3 is 1. The maximum Gasteiger partial charge on any atom is 0.262 e. The van der Waals surface area contributed by atoms with Gasteiger partial charge in [0.25, 0.3) is 10.0 Å². The summed E-state index contributed by atoms with van der Waals surface area (Å²) in [5, 5.41) is 0. The first-order valence-electron chi connectivity index (χ1n) is 7.48. The number of rotatable bonds is 4. The highest BCUT2D eigenvalue weighted by molar-refractivity contribution is 7.92. The molecule has 1 heterocycles. The zero-order valence-electron chi connectivity index (χ0n) is 13.4. The molecule has 0 fully saturated rings. The summed E-state index contributed by atoms with van der Waals surface area (Å²) in [4.78, 5) is 13.4. The van der Waals surface area contributed by atoms with Gasteiger partial charge in [0.1, 0.15) is 5.75 Å². The third-order valence-corrected chi connectivity index (χ3v) is 5.34. The van der Waals surface area contributed by atoms with Gasteiger partial charge in [0, 0.05) is 25.2 Å². The lowest BCUT2D eigenvalue weighted by molar-refractivity contribution is -0.116. The van der Waals surface area contributed by atoms with E-state index in [4.69, 9.17) is 4.74 Å². The number of hydrogen-bond donors (Lipinski definition) is 1. The van der Waals surface area contributed by atoms with Gasteiger partial charge in [0.2, 0.25) is 5.91 Å². The van der Waals surface area contributed by atoms with Crippen LogP contribution in [0, 0.1) is 0 Å². The highest BCUT2D eigenvalue weighted by Gasteiger charge is 2.23. The maximum atomic E-state index is 12.5. The van der Waals surface area contributed by atoms with Gasteiger partial charge in [-0.2, -0.15) is 0 Å². The summed E-state index contributed by atoms with van der Waals surface area (Å²) < 4.78 is 32.7. The Kier molecular flexibility index (Phi) is 4.19. The predicted octanol–water partition coefficient (Wildman–Crippen LogP) is 2.41. The number of ether oxygens (including phenoxy) is 1. The average Bonchev–Trinajstić information content (AvgIpc) is 2.98. The molecule has 0 unspecified atom stereocenters. The second kappa shape index (κ2) is 6.16. The van der Waals surface area contributed by atoms with Crippen molar-refractivity contribution < 1.29 is 17.9 Å². The van der Waals surface area contributed by atoms with Crippen molar-refractivity contribution in [2.75, 3.05) is 23.3 Å². The number of benzene rings is 2. The van der Waals surface area contributed by atoms with Crippen LogP contribution in [0.15, 0.2) is 47.4 Å². The van der Waals surface area contributed by atoms with E-state index in [1.165, 1.54) is 26.2 Å². The van der Waals surface area contributed by atoms with Gasteiger partial charge in [0.15, 0.2) is 0 Å². The minimum absolute atomic E-state index is 0.0541. The number of sulfonamides is 1. The first-order chi connectivity index (χ1) is 11.4. The number of nitrogens with zero attached hydrogens (tertiary/aromatic N) is 1. The standard InChI is InChI=1S/C17H18N2O4S/c1-12(20)19-9-8-13-6-7-14(10-17(13)19)18-24(21,22)16-5-3-4-15(11-16)23-2/h3-7,10-11,18H,8-9H2,1-2H3. The molecule has 3 rings (SSSR count). The second-order valence-corrected chi connectivity index (χ2v) is 7.23. The van der Waals surface area contributed by atoms with Crippen LogP contribution in [0.4, 0.5) is 11.4 Å². The topological polar surface area (TPSA) is 75.7 Å². The van der Waals surface area contributed by atoms with Crippen molar-refractivity contribution in [3.63, 3.8) is 0 Å². The van der Waals surface area contributed by atoms with Crippen LogP contribution in [-0.2, 0) is 21.2 Å². The van der Waals surface area contributed by atoms with Gasteiger partial charge in [-0.3, -0.25) is 9.52 Å². The van der Waals surface area contributed by atoms with E-state index >= 15 is 0 Å². The minimum Gasteiger partial charge on any atom is -0.497 e. The fraction of sp³-hybridized carbons (Fsp3) is 0.235. The molecule has 126 valence electrons. The van der Waals surface area contributed by atoms with Crippen molar-refractivity contribution in [1.82, 2.24) is 0 Å². The summed E-state index contributed by atoms with van der Waals surface area (Å²) in [6.45, 7) is 2.12. The molecule has 6 nitrogen and oxygen atoms in total. The zero-order chi connectivity index (χ0) is 17.3. The second-order valence-electron chi connectivity index (χ2n) is 5.55. The molecule has 0 saturated heterocycles. The average molecular weight is 346 g/mol. The Hall–Kier alpha value is -2.54. The number of hydrogen-bond acceptors (Lipinski definition) is 4. The molecule has 1 N–H and O–H groups in total. The predicted molar refractivity (Wildman–Crippen MR) is 92.0 cm³/mol. The summed E-state index contributed by atoms with van der Waals surface area (Å²) in [6.07, 6.45) is 0.776. The van der Waals surface area contributed by atoms with Crippen molar-refractivity contribution in [3.8, 4) is 5.75 Å². The Bertz CT molecular complexity index is 893. The van der Waals surface area contributed by atoms with E-state index in [1.807, 2.05) is 6.07 Å². The lowest BCUT2D eigenvalue weighted by Gasteiger charge is -2.16. The third-order valence-electron chi connectivity index (χ3n) is 3.96. The van der Waals surface area contributed by atoms with Gasteiger partial charge in [-0.1, -0.05) is 12.1 Å². The van der Waals surface area contributed by atoms with Gasteiger partial charge in [-0.25, -0.2) is 8.42 Å². The number of carbonyl (C=O) groups excluding carboxylic acids is 1. The number of fused-ring (bicyclic) bond motifs is 1. The first-order valence-corrected chi connectivity index (χ1v) is 8.97. The van der Waals surface area contributed by atoms with Crippen LogP contribution in [0.25, 0.3) is 0 Å². The molecule has 24 heavy (non-hydrogen) atoms. The summed E-state index contributed by atoms with van der Waals surface area (Å²) in [5.41, 5.74) is 2.22. The van der Waals surface area contributed by atoms with Crippen LogP contribution < -0.4 is 14.4 Å². The van der Waals surface area contributed by atoms with Crippen LogP contribution in [0.5, 0.6) is 5.75 Å². The van der Waals surface area contributed by atoms with Gasteiger partial charge >= 0.3 is 0 Å². The van der Waals surface area contributed by atoms with Crippen LogP contribution in [-0.4, -0.2) is 28.0 Å². The van der Waals surface area contributed by atoms with Gasteiger partial charge < -0.3 is 9.64 Å². The monoisotopic (exact) mass is 346 g/mol. The Morgan fingerprint density at radius 1 is 1.21 bits per heavy atom. The molecule has 0 radical (unpaired) electrons. The molecule has 7 heteroatoms. The van der Waals surface area contributed by atoms with E-state index < -0.39 is 10.0 Å². The molecule has 2 aromatic carbocycles. The van der Waals surface area contributed by atoms with Gasteiger partial charge in [-0.15, -0.1) is 0 Å². The normalized spacial score (nSPS) is 13.5. The van der Waals surface area contributed by atoms with Crippen LogP contribution in [0.3, 0.4) is 0 Å². The molecule has 0 atom stereocenters. The Labute approximate surface area is 141 Å². The maximum absolute atomic E-state index is 12.5. The van der Waals surface area contributed by atoms with Crippen molar-refractivity contribution in [1.29, 1.82) is 0 Å². The fourth-order valence-electron chi connectivity index (χ4n) is 2.75. The van der Waals surface area contributed by atoms with Crippen LogP contribution in [0.1, 0.15) is 12.5 Å². The molecule has 2 aromatic rings. The van der Waals surface area contributed by atoms with Crippen molar-refractivity contribution >= 4 is 27.3 Å². The van der Waals surface area contributed by atoms with Gasteiger partial charge in [-0.05, 0) is 36.2 Å². The van der Waals surface area contributed by atoms with Crippen LogP contribution in [0.2, 0.25) is 0 Å². The molecule has 0 bridgehead atoms. The van der Waals surface area contributed by atoms with E-state index in [9.17, 15) is 13.2 Å². The lowest BCUT2D eigenvalue weighted by Crippen LogP contribution is -2.25. The molecule has 0 saturated carbocycles. The summed E-state index contributed by atoms with van der Waals surface area (Å²) in [7, 11) is -2.25. The highest BCUT2D eigenvalue weighted by atomic mass is 32.2. The molecular weight excluding hydrogens is 328 g/mol. The highest BCUT2D eigenvalue weighted by Crippen LogP contribution is 2.31. The molecule has 1 amide bonds. The number of anilines is 2. The zero-order valence-corrected chi connectivity index (χ0v) is 14.3. The molecule has 1 aliphatic heterocycles. The van der Waals surface area contributed by atoms with Crippen molar-refractivity contribution in [2.24, 2.45) is 0 Å². The fourth-order valence-corrected chi connectivity index (χ4v) is 3.84. The first kappa shape index (κ1) is 16.3. The molecule has 0 spiro atoms. The van der Waals surface area contributed by atoms with E-state index in [0.717, 1.165) is 17.7 Å². The molecular formula is C17H18N2O4S. The van der Waals surface area contributed by atoms with Crippen LogP contribution >= 0.6 is 0 Å². The van der Waals surface area contributed by atoms with Crippen molar-refractivity contribution in [3.05, 3.63) is 48.0 Å². The summed E-state index contributed by atoms with van der Waals surface area (Å²) in [6, 6.07) is 11.5. The largest absolute Gasteiger partial charge is 0.497 e. The SMILES string of the molecule is COc1cccc(S(=O)(=O)Nc2ccc3c(c2)N(C(C)=O)CC3)c1. The quantitative estimate of drug-likeness (QED) is 0.922. The number of nitrogens with one attached hydrogen (secondary N) is 1. The minimum atomic E-state index is -3.73. The Morgan fingerprint density at radius 2 is 2.00 bits per heavy atom. The molecule has 0 aromatic heterocycles. The smallest absolute Gasteiger partial charge is 0.262 e. The van der Waals surface area contributed by atoms with E-state index in [-0.39, 0.29) is 10.8 Å². The van der Waals surface area contributed by atoms with E-state index in [1.54, 1.807) is 29.2 Å². The van der Waals surface area contributed by atoms with Gasteiger partial charge in [0.05, 0.1) is 17.7 Å². The molecule has 0 aliphatic carbocycles. The third kappa shape index (κ3) is 3.07. The van der Waals surface area contributed by atoms with Crippen molar-refractivity contribution in [2.45, 2.75) is 18.2 Å². The van der Waals surface area contributed by atoms with E-state index in [2.05, 4.69) is 4.72 Å². The number of carbonyl (C=O) groups is 1. The lowest BCUT2D eigenvalue weighted by atomic mass is 10.1. The summed E-state index contributed by atoms with van der Waals surface area (Å²) in [5.74, 6) is 0.413. The summed E-state index contributed by atoms with van der Waals surface area (Å²) >= 11 is 0. The Morgan fingerprint density at radius 3 is 2.71 bits per heavy atom. The van der Waals surface area contributed by atoms with E-state index in [0.29, 0.717) is 18.0 Å².